The van der Waals surface area contributed by atoms with Gasteiger partial charge >= 0.3 is 5.97 Å². The van der Waals surface area contributed by atoms with E-state index in [1.165, 1.54) is 12.1 Å². The van der Waals surface area contributed by atoms with Gasteiger partial charge in [0.1, 0.15) is 11.9 Å². The maximum atomic E-state index is 13.6. The van der Waals surface area contributed by atoms with E-state index in [2.05, 4.69) is 5.32 Å². The quantitative estimate of drug-likeness (QED) is 0.856. The minimum absolute atomic E-state index is 0.0278. The van der Waals surface area contributed by atoms with Gasteiger partial charge in [0.2, 0.25) is 0 Å². The van der Waals surface area contributed by atoms with E-state index in [4.69, 9.17) is 5.11 Å². The molecule has 96 valence electrons. The number of hydrogen-bond acceptors (Lipinski definition) is 2. The Hall–Kier alpha value is -1.91. The molecule has 1 unspecified atom stereocenters. The average molecular weight is 251 g/mol. The molecule has 0 aliphatic heterocycles. The number of carbonyl (C=O) groups is 2. The largest absolute Gasteiger partial charge is 0.480 e. The SMILES string of the molecule is Cc1ccc(C(=O)NC(C(=O)O)C2CC2)c(F)c1. The molecule has 1 aliphatic carbocycles. The van der Waals surface area contributed by atoms with Crippen LogP contribution in [0.2, 0.25) is 0 Å². The van der Waals surface area contributed by atoms with Gasteiger partial charge in [-0.2, -0.15) is 0 Å². The number of carboxylic acid groups (broad SMARTS) is 1. The average Bonchev–Trinajstić information content (AvgIpc) is 3.08. The minimum Gasteiger partial charge on any atom is -0.480 e. The van der Waals surface area contributed by atoms with Crippen molar-refractivity contribution in [2.45, 2.75) is 25.8 Å². The molecule has 18 heavy (non-hydrogen) atoms. The van der Waals surface area contributed by atoms with E-state index >= 15 is 0 Å². The first-order chi connectivity index (χ1) is 8.49. The lowest BCUT2D eigenvalue weighted by Crippen LogP contribution is -2.42. The van der Waals surface area contributed by atoms with Crippen molar-refractivity contribution in [1.29, 1.82) is 0 Å². The van der Waals surface area contributed by atoms with E-state index in [9.17, 15) is 14.0 Å². The van der Waals surface area contributed by atoms with Crippen LogP contribution in [-0.2, 0) is 4.79 Å². The lowest BCUT2D eigenvalue weighted by molar-refractivity contribution is -0.139. The van der Waals surface area contributed by atoms with Crippen LogP contribution in [0.4, 0.5) is 4.39 Å². The van der Waals surface area contributed by atoms with Crippen molar-refractivity contribution in [3.63, 3.8) is 0 Å². The van der Waals surface area contributed by atoms with Gasteiger partial charge in [-0.25, -0.2) is 9.18 Å². The number of hydrogen-bond donors (Lipinski definition) is 2. The van der Waals surface area contributed by atoms with Gasteiger partial charge in [-0.15, -0.1) is 0 Å². The Morgan fingerprint density at radius 2 is 2.11 bits per heavy atom. The summed E-state index contributed by atoms with van der Waals surface area (Å²) in [6.07, 6.45) is 1.57. The van der Waals surface area contributed by atoms with E-state index in [0.29, 0.717) is 5.56 Å². The third-order valence-corrected chi connectivity index (χ3v) is 3.02. The molecule has 0 radical (unpaired) electrons. The third-order valence-electron chi connectivity index (χ3n) is 3.02. The zero-order valence-electron chi connectivity index (χ0n) is 9.94. The number of amides is 1. The van der Waals surface area contributed by atoms with E-state index < -0.39 is 23.7 Å². The van der Waals surface area contributed by atoms with Crippen LogP contribution in [0.3, 0.4) is 0 Å². The Balaban J connectivity index is 2.13. The van der Waals surface area contributed by atoms with Crippen molar-refractivity contribution in [2.75, 3.05) is 0 Å². The lowest BCUT2D eigenvalue weighted by atomic mass is 10.1. The van der Waals surface area contributed by atoms with Crippen molar-refractivity contribution in [3.05, 3.63) is 35.1 Å². The predicted molar refractivity (Wildman–Crippen MR) is 62.8 cm³/mol. The summed E-state index contributed by atoms with van der Waals surface area (Å²) in [5, 5.41) is 11.4. The van der Waals surface area contributed by atoms with E-state index in [1.807, 2.05) is 0 Å². The Kier molecular flexibility index (Phi) is 3.32. The molecule has 1 atom stereocenters. The Bertz CT molecular complexity index is 497. The van der Waals surface area contributed by atoms with Gasteiger partial charge in [0, 0.05) is 0 Å². The van der Waals surface area contributed by atoms with Gasteiger partial charge in [0.05, 0.1) is 5.56 Å². The number of nitrogens with one attached hydrogen (secondary N) is 1. The van der Waals surface area contributed by atoms with Gasteiger partial charge in [-0.3, -0.25) is 4.79 Å². The fourth-order valence-corrected chi connectivity index (χ4v) is 1.83. The van der Waals surface area contributed by atoms with Crippen molar-refractivity contribution in [3.8, 4) is 0 Å². The van der Waals surface area contributed by atoms with Crippen LogP contribution in [0.15, 0.2) is 18.2 Å². The molecule has 0 aromatic heterocycles. The van der Waals surface area contributed by atoms with Crippen LogP contribution in [0.1, 0.15) is 28.8 Å². The smallest absolute Gasteiger partial charge is 0.326 e. The van der Waals surface area contributed by atoms with Crippen LogP contribution in [0.5, 0.6) is 0 Å². The molecule has 0 bridgehead atoms. The summed E-state index contributed by atoms with van der Waals surface area (Å²) < 4.78 is 13.6. The number of aryl methyl sites for hydroxylation is 1. The minimum atomic E-state index is -1.07. The van der Waals surface area contributed by atoms with E-state index in [-0.39, 0.29) is 11.5 Å². The second-order valence-corrected chi connectivity index (χ2v) is 4.61. The molecule has 1 saturated carbocycles. The molecule has 5 heteroatoms. The third kappa shape index (κ3) is 2.67. The molecule has 2 N–H and O–H groups in total. The number of halogens is 1. The zero-order valence-corrected chi connectivity index (χ0v) is 9.94. The zero-order chi connectivity index (χ0) is 13.3. The van der Waals surface area contributed by atoms with E-state index in [0.717, 1.165) is 12.8 Å². The summed E-state index contributed by atoms with van der Waals surface area (Å²) in [7, 11) is 0. The highest BCUT2D eigenvalue weighted by Crippen LogP contribution is 2.32. The maximum absolute atomic E-state index is 13.6. The number of aliphatic carboxylic acids is 1. The van der Waals surface area contributed by atoms with Gasteiger partial charge < -0.3 is 10.4 Å². The molecule has 1 amide bonds. The summed E-state index contributed by atoms with van der Waals surface area (Å²) >= 11 is 0. The molecule has 4 nitrogen and oxygen atoms in total. The number of benzene rings is 1. The van der Waals surface area contributed by atoms with Crippen LogP contribution < -0.4 is 5.32 Å². The first kappa shape index (κ1) is 12.5. The van der Waals surface area contributed by atoms with Gasteiger partial charge in [-0.1, -0.05) is 6.07 Å². The monoisotopic (exact) mass is 251 g/mol. The molecule has 0 saturated heterocycles. The summed E-state index contributed by atoms with van der Waals surface area (Å²) in [6.45, 7) is 1.72. The Morgan fingerprint density at radius 1 is 1.44 bits per heavy atom. The van der Waals surface area contributed by atoms with E-state index in [1.54, 1.807) is 13.0 Å². The van der Waals surface area contributed by atoms with Crippen LogP contribution in [0.25, 0.3) is 0 Å². The molecular formula is C13H14FNO3. The van der Waals surface area contributed by atoms with Crippen LogP contribution >= 0.6 is 0 Å². The highest BCUT2D eigenvalue weighted by molar-refractivity contribution is 5.97. The first-order valence-electron chi connectivity index (χ1n) is 5.79. The van der Waals surface area contributed by atoms with Gasteiger partial charge in [-0.05, 0) is 43.4 Å². The molecule has 1 aliphatic rings. The molecule has 1 aromatic carbocycles. The molecular weight excluding hydrogens is 237 g/mol. The molecule has 0 spiro atoms. The van der Waals surface area contributed by atoms with Gasteiger partial charge in [0.25, 0.3) is 5.91 Å². The van der Waals surface area contributed by atoms with Crippen LogP contribution in [-0.4, -0.2) is 23.0 Å². The molecule has 1 aromatic rings. The maximum Gasteiger partial charge on any atom is 0.326 e. The van der Waals surface area contributed by atoms with Crippen molar-refractivity contribution in [1.82, 2.24) is 5.32 Å². The first-order valence-corrected chi connectivity index (χ1v) is 5.79. The second-order valence-electron chi connectivity index (χ2n) is 4.61. The highest BCUT2D eigenvalue weighted by Gasteiger charge is 2.37. The summed E-state index contributed by atoms with van der Waals surface area (Å²) in [5.74, 6) is -2.41. The highest BCUT2D eigenvalue weighted by atomic mass is 19.1. The Morgan fingerprint density at radius 3 is 2.61 bits per heavy atom. The topological polar surface area (TPSA) is 66.4 Å². The summed E-state index contributed by atoms with van der Waals surface area (Å²) in [5.41, 5.74) is 0.591. The van der Waals surface area contributed by atoms with Gasteiger partial charge in [0.15, 0.2) is 0 Å². The lowest BCUT2D eigenvalue weighted by Gasteiger charge is -2.13. The molecule has 2 rings (SSSR count). The number of carbonyl (C=O) groups excluding carboxylic acids is 1. The van der Waals surface area contributed by atoms with Crippen LogP contribution in [0, 0.1) is 18.7 Å². The fraction of sp³-hybridized carbons (Fsp3) is 0.385. The number of rotatable bonds is 4. The fourth-order valence-electron chi connectivity index (χ4n) is 1.83. The summed E-state index contributed by atoms with van der Waals surface area (Å²) in [4.78, 5) is 22.8. The van der Waals surface area contributed by atoms with Crippen molar-refractivity contribution < 1.29 is 19.1 Å². The molecule has 1 fully saturated rings. The van der Waals surface area contributed by atoms with Crippen molar-refractivity contribution >= 4 is 11.9 Å². The Labute approximate surface area is 104 Å². The predicted octanol–water partition coefficient (Wildman–Crippen LogP) is 1.73. The normalized spacial score (nSPS) is 16.1. The van der Waals surface area contributed by atoms with Crippen molar-refractivity contribution in [2.24, 2.45) is 5.92 Å². The summed E-state index contributed by atoms with van der Waals surface area (Å²) in [6, 6.07) is 3.32. The second kappa shape index (κ2) is 4.76. The standard InChI is InChI=1S/C13H14FNO3/c1-7-2-5-9(10(14)6-7)12(16)15-11(13(17)18)8-3-4-8/h2,5-6,8,11H,3-4H2,1H3,(H,15,16)(H,17,18). The number of carboxylic acids is 1. The molecule has 0 heterocycles.